The van der Waals surface area contributed by atoms with Gasteiger partial charge in [0.05, 0.1) is 0 Å². The highest BCUT2D eigenvalue weighted by Crippen LogP contribution is 2.33. The van der Waals surface area contributed by atoms with Crippen molar-refractivity contribution in [3.63, 3.8) is 0 Å². The van der Waals surface area contributed by atoms with Gasteiger partial charge in [-0.3, -0.25) is 0 Å². The largest absolute Gasteiger partial charge is 0.324 e. The van der Waals surface area contributed by atoms with Crippen LogP contribution in [0.4, 0.5) is 0 Å². The zero-order valence-corrected chi connectivity index (χ0v) is 12.1. The van der Waals surface area contributed by atoms with Crippen LogP contribution < -0.4 is 5.73 Å². The minimum absolute atomic E-state index is 0.0136. The molecule has 1 nitrogen and oxygen atoms in total. The average molecular weight is 274 g/mol. The molecule has 0 aliphatic heterocycles. The lowest BCUT2D eigenvalue weighted by molar-refractivity contribution is 0.369. The van der Waals surface area contributed by atoms with Crippen LogP contribution in [0, 0.1) is 5.92 Å². The summed E-state index contributed by atoms with van der Waals surface area (Å²) in [5, 5.41) is 1.34. The van der Waals surface area contributed by atoms with Crippen LogP contribution in [0.5, 0.6) is 0 Å². The summed E-state index contributed by atoms with van der Waals surface area (Å²) in [5.41, 5.74) is 7.35. The van der Waals surface area contributed by atoms with Crippen molar-refractivity contribution in [3.05, 3.63) is 33.8 Å². The number of rotatable bonds is 6. The summed E-state index contributed by atoms with van der Waals surface area (Å²) in [6.45, 7) is 4.39. The zero-order chi connectivity index (χ0) is 12.8. The molecule has 0 heterocycles. The van der Waals surface area contributed by atoms with Crippen molar-refractivity contribution in [1.82, 2.24) is 0 Å². The summed E-state index contributed by atoms with van der Waals surface area (Å²) in [6, 6.07) is 5.60. The monoisotopic (exact) mass is 273 g/mol. The van der Waals surface area contributed by atoms with E-state index in [0.29, 0.717) is 16.0 Å². The summed E-state index contributed by atoms with van der Waals surface area (Å²) < 4.78 is 0. The lowest BCUT2D eigenvalue weighted by Crippen LogP contribution is -2.21. The molecule has 0 bridgehead atoms. The Labute approximate surface area is 114 Å². The van der Waals surface area contributed by atoms with Crippen molar-refractivity contribution in [3.8, 4) is 0 Å². The van der Waals surface area contributed by atoms with Gasteiger partial charge in [-0.2, -0.15) is 0 Å². The van der Waals surface area contributed by atoms with Crippen LogP contribution in [-0.2, 0) is 0 Å². The second-order valence-electron chi connectivity index (χ2n) is 4.53. The van der Waals surface area contributed by atoms with Crippen LogP contribution in [0.2, 0.25) is 10.0 Å². The molecule has 1 rings (SSSR count). The summed E-state index contributed by atoms with van der Waals surface area (Å²) in [6.07, 6.45) is 4.61. The number of nitrogens with two attached hydrogens (primary N) is 1. The van der Waals surface area contributed by atoms with E-state index in [0.717, 1.165) is 31.2 Å². The predicted octanol–water partition coefficient (Wildman–Crippen LogP) is 5.21. The van der Waals surface area contributed by atoms with E-state index in [-0.39, 0.29) is 6.04 Å². The maximum atomic E-state index is 6.33. The Kier molecular flexibility index (Phi) is 6.32. The fraction of sp³-hybridized carbons (Fsp3) is 0.571. The van der Waals surface area contributed by atoms with Gasteiger partial charge >= 0.3 is 0 Å². The van der Waals surface area contributed by atoms with Gasteiger partial charge in [-0.15, -0.1) is 0 Å². The van der Waals surface area contributed by atoms with Crippen molar-refractivity contribution >= 4 is 23.2 Å². The van der Waals surface area contributed by atoms with Crippen LogP contribution in [0.15, 0.2) is 18.2 Å². The van der Waals surface area contributed by atoms with Crippen LogP contribution in [-0.4, -0.2) is 0 Å². The molecule has 96 valence electrons. The van der Waals surface area contributed by atoms with Gasteiger partial charge in [0.2, 0.25) is 0 Å². The van der Waals surface area contributed by atoms with E-state index in [1.165, 1.54) is 0 Å². The van der Waals surface area contributed by atoms with E-state index in [9.17, 15) is 0 Å². The van der Waals surface area contributed by atoms with E-state index in [4.69, 9.17) is 28.9 Å². The first-order valence-corrected chi connectivity index (χ1v) is 7.06. The fourth-order valence-corrected chi connectivity index (χ4v) is 2.81. The number of hydrogen-bond acceptors (Lipinski definition) is 1. The molecule has 0 saturated carbocycles. The van der Waals surface area contributed by atoms with Gasteiger partial charge in [0, 0.05) is 16.1 Å². The van der Waals surface area contributed by atoms with Crippen molar-refractivity contribution in [2.45, 2.75) is 45.6 Å². The van der Waals surface area contributed by atoms with Crippen LogP contribution in [0.1, 0.15) is 51.1 Å². The second-order valence-corrected chi connectivity index (χ2v) is 5.37. The van der Waals surface area contributed by atoms with E-state index in [2.05, 4.69) is 13.8 Å². The minimum atomic E-state index is 0.0136. The highest BCUT2D eigenvalue weighted by molar-refractivity contribution is 6.35. The van der Waals surface area contributed by atoms with Crippen molar-refractivity contribution in [2.75, 3.05) is 0 Å². The first kappa shape index (κ1) is 14.8. The maximum Gasteiger partial charge on any atom is 0.0468 e. The molecule has 0 aromatic heterocycles. The average Bonchev–Trinajstić information content (AvgIpc) is 2.28. The lowest BCUT2D eigenvalue weighted by Gasteiger charge is -2.24. The number of benzene rings is 1. The first-order chi connectivity index (χ1) is 8.10. The van der Waals surface area contributed by atoms with E-state index >= 15 is 0 Å². The molecule has 1 atom stereocenters. The second kappa shape index (κ2) is 7.25. The minimum Gasteiger partial charge on any atom is -0.324 e. The van der Waals surface area contributed by atoms with E-state index in [1.807, 2.05) is 12.1 Å². The molecule has 1 aromatic carbocycles. The number of hydrogen-bond donors (Lipinski definition) is 1. The smallest absolute Gasteiger partial charge is 0.0468 e. The van der Waals surface area contributed by atoms with Crippen LogP contribution in [0.25, 0.3) is 0 Å². The van der Waals surface area contributed by atoms with Gasteiger partial charge < -0.3 is 5.73 Å². The van der Waals surface area contributed by atoms with Crippen molar-refractivity contribution < 1.29 is 0 Å². The lowest BCUT2D eigenvalue weighted by atomic mass is 9.87. The van der Waals surface area contributed by atoms with Gasteiger partial charge in [-0.05, 0) is 36.5 Å². The Hall–Kier alpha value is -0.240. The summed E-state index contributed by atoms with van der Waals surface area (Å²) in [5.74, 6) is 0.503. The third-order valence-electron chi connectivity index (χ3n) is 3.15. The number of halogens is 2. The Morgan fingerprint density at radius 3 is 2.18 bits per heavy atom. The molecule has 1 aromatic rings. The first-order valence-electron chi connectivity index (χ1n) is 6.30. The molecule has 1 unspecified atom stereocenters. The van der Waals surface area contributed by atoms with Crippen molar-refractivity contribution in [2.24, 2.45) is 11.7 Å². The van der Waals surface area contributed by atoms with E-state index in [1.54, 1.807) is 6.07 Å². The Morgan fingerprint density at radius 2 is 1.71 bits per heavy atom. The molecule has 0 aliphatic rings. The maximum absolute atomic E-state index is 6.33. The van der Waals surface area contributed by atoms with Crippen LogP contribution in [0.3, 0.4) is 0 Å². The van der Waals surface area contributed by atoms with E-state index < -0.39 is 0 Å². The Bertz CT molecular complexity index is 346. The normalized spacial score (nSPS) is 13.1. The molecule has 3 heteroatoms. The predicted molar refractivity (Wildman–Crippen MR) is 76.7 cm³/mol. The molecule has 2 N–H and O–H groups in total. The summed E-state index contributed by atoms with van der Waals surface area (Å²) in [4.78, 5) is 0. The molecular weight excluding hydrogens is 253 g/mol. The third kappa shape index (κ3) is 4.17. The molecule has 17 heavy (non-hydrogen) atoms. The molecule has 0 spiro atoms. The fourth-order valence-electron chi connectivity index (χ4n) is 2.27. The summed E-state index contributed by atoms with van der Waals surface area (Å²) in [7, 11) is 0. The molecule has 0 aliphatic carbocycles. The topological polar surface area (TPSA) is 26.0 Å². The molecular formula is C14H21Cl2N. The molecule has 0 fully saturated rings. The molecule has 0 radical (unpaired) electrons. The van der Waals surface area contributed by atoms with Gasteiger partial charge in [0.1, 0.15) is 0 Å². The van der Waals surface area contributed by atoms with Crippen molar-refractivity contribution in [1.29, 1.82) is 0 Å². The molecule has 0 saturated heterocycles. The highest BCUT2D eigenvalue weighted by atomic mass is 35.5. The quantitative estimate of drug-likeness (QED) is 0.757. The standard InChI is InChI=1S/C14H21Cl2N/c1-3-5-10(6-4-2)14(17)12-8-7-11(15)9-13(12)16/h7-10,14H,3-6,17H2,1-2H3. The molecule has 0 amide bonds. The highest BCUT2D eigenvalue weighted by Gasteiger charge is 2.20. The Morgan fingerprint density at radius 1 is 1.12 bits per heavy atom. The van der Waals surface area contributed by atoms with Gasteiger partial charge in [-0.25, -0.2) is 0 Å². The van der Waals surface area contributed by atoms with Gasteiger partial charge in [0.15, 0.2) is 0 Å². The third-order valence-corrected chi connectivity index (χ3v) is 3.71. The summed E-state index contributed by atoms with van der Waals surface area (Å²) >= 11 is 12.1. The van der Waals surface area contributed by atoms with Gasteiger partial charge in [0.25, 0.3) is 0 Å². The van der Waals surface area contributed by atoms with Gasteiger partial charge in [-0.1, -0.05) is 56.0 Å². The van der Waals surface area contributed by atoms with Crippen LogP contribution >= 0.6 is 23.2 Å². The Balaban J connectivity index is 2.88. The SMILES string of the molecule is CCCC(CCC)C(N)c1ccc(Cl)cc1Cl. The zero-order valence-electron chi connectivity index (χ0n) is 10.5.